The fraction of sp³-hybridized carbons (Fsp3) is 0.727. The maximum atomic E-state index is 6.38. The molecule has 0 saturated heterocycles. The summed E-state index contributed by atoms with van der Waals surface area (Å²) in [5.74, 6) is 5.47. The molecule has 0 spiro atoms. The predicted octanol–water partition coefficient (Wildman–Crippen LogP) is 6.44. The molecule has 2 rings (SSSR count). The van der Waals surface area contributed by atoms with Gasteiger partial charge in [-0.15, -0.1) is 0 Å². The third-order valence-electron chi connectivity index (χ3n) is 6.35. The summed E-state index contributed by atoms with van der Waals surface area (Å²) < 4.78 is 6.38. The first-order valence-electron chi connectivity index (χ1n) is 9.70. The Labute approximate surface area is 155 Å². The standard InChI is InChI=1S/C22H36OS/c1-7-14(2)22(23-12-19-9-8-10-19)20-11-15(3)21(16(4)13-24)18(6)17(20)5/h8-9,15-16,18-19,21,24H,7,10-13H2,1-6H3/b22-14+/t15?,16?,18-,19?,21?/m0/s1. The lowest BCUT2D eigenvalue weighted by atomic mass is 9.66. The van der Waals surface area contributed by atoms with Crippen LogP contribution >= 0.6 is 12.6 Å². The molecule has 0 aromatic heterocycles. The van der Waals surface area contributed by atoms with Gasteiger partial charge in [-0.25, -0.2) is 0 Å². The van der Waals surface area contributed by atoms with Crippen molar-refractivity contribution in [3.63, 3.8) is 0 Å². The SMILES string of the molecule is CC/C(C)=C(/OCC1C=CC1)C1=C(C)[C@H](C)C(C(C)CS)C(C)C1. The van der Waals surface area contributed by atoms with Crippen LogP contribution in [-0.4, -0.2) is 12.4 Å². The quantitative estimate of drug-likeness (QED) is 0.316. The number of rotatable bonds is 7. The smallest absolute Gasteiger partial charge is 0.121 e. The number of hydrogen-bond donors (Lipinski definition) is 1. The molecule has 5 atom stereocenters. The van der Waals surface area contributed by atoms with Crippen LogP contribution < -0.4 is 0 Å². The fourth-order valence-corrected chi connectivity index (χ4v) is 4.64. The van der Waals surface area contributed by atoms with Crippen LogP contribution in [0.2, 0.25) is 0 Å². The van der Waals surface area contributed by atoms with E-state index >= 15 is 0 Å². The average molecular weight is 349 g/mol. The van der Waals surface area contributed by atoms with Gasteiger partial charge in [0, 0.05) is 5.92 Å². The van der Waals surface area contributed by atoms with Crippen LogP contribution in [0.25, 0.3) is 0 Å². The van der Waals surface area contributed by atoms with E-state index in [9.17, 15) is 0 Å². The Morgan fingerprint density at radius 2 is 2.04 bits per heavy atom. The lowest BCUT2D eigenvalue weighted by Gasteiger charge is -2.41. The summed E-state index contributed by atoms with van der Waals surface area (Å²) in [6.45, 7) is 14.8. The van der Waals surface area contributed by atoms with Gasteiger partial charge in [-0.3, -0.25) is 0 Å². The van der Waals surface area contributed by atoms with E-state index in [1.807, 2.05) is 0 Å². The molecule has 0 aromatic rings. The molecule has 136 valence electrons. The zero-order chi connectivity index (χ0) is 17.9. The number of ether oxygens (including phenoxy) is 1. The number of allylic oxidation sites excluding steroid dienone is 4. The van der Waals surface area contributed by atoms with Crippen molar-refractivity contribution in [2.75, 3.05) is 12.4 Å². The Kier molecular flexibility index (Phi) is 7.10. The van der Waals surface area contributed by atoms with Crippen molar-refractivity contribution in [1.82, 2.24) is 0 Å². The van der Waals surface area contributed by atoms with Gasteiger partial charge < -0.3 is 4.74 Å². The van der Waals surface area contributed by atoms with E-state index in [-0.39, 0.29) is 0 Å². The normalized spacial score (nSPS) is 32.3. The van der Waals surface area contributed by atoms with Crippen LogP contribution in [0.4, 0.5) is 0 Å². The second kappa shape index (κ2) is 8.65. The Morgan fingerprint density at radius 3 is 2.54 bits per heavy atom. The Morgan fingerprint density at radius 1 is 1.38 bits per heavy atom. The Bertz CT molecular complexity index is 528. The number of thiol groups is 1. The maximum absolute atomic E-state index is 6.38. The van der Waals surface area contributed by atoms with Gasteiger partial charge in [0.05, 0.1) is 6.61 Å². The highest BCUT2D eigenvalue weighted by Crippen LogP contribution is 2.45. The van der Waals surface area contributed by atoms with Gasteiger partial charge in [0.1, 0.15) is 5.76 Å². The first-order chi connectivity index (χ1) is 11.4. The zero-order valence-corrected chi connectivity index (χ0v) is 17.3. The van der Waals surface area contributed by atoms with E-state index in [1.165, 1.54) is 23.3 Å². The van der Waals surface area contributed by atoms with Crippen LogP contribution in [0.3, 0.4) is 0 Å². The van der Waals surface area contributed by atoms with Gasteiger partial charge in [0.2, 0.25) is 0 Å². The van der Waals surface area contributed by atoms with E-state index in [4.69, 9.17) is 4.74 Å². The molecule has 0 N–H and O–H groups in total. The van der Waals surface area contributed by atoms with Crippen molar-refractivity contribution < 1.29 is 4.74 Å². The molecular formula is C22H36OS. The fourth-order valence-electron chi connectivity index (χ4n) is 4.39. The minimum Gasteiger partial charge on any atom is -0.493 e. The first-order valence-corrected chi connectivity index (χ1v) is 10.3. The molecule has 1 nitrogen and oxygen atoms in total. The van der Waals surface area contributed by atoms with E-state index in [0.717, 1.165) is 31.1 Å². The minimum atomic E-state index is 0.609. The van der Waals surface area contributed by atoms with E-state index in [0.29, 0.717) is 23.7 Å². The lowest BCUT2D eigenvalue weighted by Crippen LogP contribution is -2.33. The summed E-state index contributed by atoms with van der Waals surface area (Å²) in [7, 11) is 0. The van der Waals surface area contributed by atoms with Crippen molar-refractivity contribution in [1.29, 1.82) is 0 Å². The summed E-state index contributed by atoms with van der Waals surface area (Å²) >= 11 is 4.56. The third-order valence-corrected chi connectivity index (χ3v) is 6.92. The molecule has 2 aliphatic rings. The molecule has 4 unspecified atom stereocenters. The third kappa shape index (κ3) is 4.12. The summed E-state index contributed by atoms with van der Waals surface area (Å²) in [6, 6.07) is 0. The second-order valence-electron chi connectivity index (χ2n) is 8.07. The molecule has 0 amide bonds. The summed E-state index contributed by atoms with van der Waals surface area (Å²) in [5, 5.41) is 0. The largest absolute Gasteiger partial charge is 0.493 e. The van der Waals surface area contributed by atoms with Crippen LogP contribution in [0.5, 0.6) is 0 Å². The van der Waals surface area contributed by atoms with Crippen molar-refractivity contribution in [2.45, 2.75) is 60.8 Å². The van der Waals surface area contributed by atoms with Crippen LogP contribution in [0.15, 0.2) is 34.6 Å². The van der Waals surface area contributed by atoms with Crippen LogP contribution in [0.1, 0.15) is 60.8 Å². The molecule has 24 heavy (non-hydrogen) atoms. The molecule has 0 aromatic carbocycles. The first kappa shape index (κ1) is 19.7. The van der Waals surface area contributed by atoms with Gasteiger partial charge in [0.25, 0.3) is 0 Å². The molecule has 2 heteroatoms. The minimum absolute atomic E-state index is 0.609. The predicted molar refractivity (Wildman–Crippen MR) is 108 cm³/mol. The van der Waals surface area contributed by atoms with E-state index in [2.05, 4.69) is 66.3 Å². The molecule has 0 fully saturated rings. The molecular weight excluding hydrogens is 312 g/mol. The van der Waals surface area contributed by atoms with Crippen molar-refractivity contribution in [2.24, 2.45) is 29.6 Å². The van der Waals surface area contributed by atoms with E-state index < -0.39 is 0 Å². The maximum Gasteiger partial charge on any atom is 0.121 e. The highest BCUT2D eigenvalue weighted by molar-refractivity contribution is 7.80. The van der Waals surface area contributed by atoms with Gasteiger partial charge in [-0.2, -0.15) is 12.6 Å². The average Bonchev–Trinajstić information content (AvgIpc) is 2.52. The molecule has 0 bridgehead atoms. The Hall–Kier alpha value is -0.630. The van der Waals surface area contributed by atoms with Gasteiger partial charge >= 0.3 is 0 Å². The van der Waals surface area contributed by atoms with Gasteiger partial charge in [0.15, 0.2) is 0 Å². The molecule has 0 radical (unpaired) electrons. The molecule has 0 aliphatic heterocycles. The highest BCUT2D eigenvalue weighted by atomic mass is 32.1. The molecule has 0 heterocycles. The van der Waals surface area contributed by atoms with Gasteiger partial charge in [-0.05, 0) is 73.7 Å². The number of hydrogen-bond acceptors (Lipinski definition) is 2. The summed E-state index contributed by atoms with van der Waals surface area (Å²) in [6.07, 6.45) is 7.89. The molecule has 0 saturated carbocycles. The van der Waals surface area contributed by atoms with Crippen LogP contribution in [0, 0.1) is 29.6 Å². The van der Waals surface area contributed by atoms with E-state index in [1.54, 1.807) is 5.57 Å². The second-order valence-corrected chi connectivity index (χ2v) is 8.43. The van der Waals surface area contributed by atoms with Crippen LogP contribution in [-0.2, 0) is 4.74 Å². The van der Waals surface area contributed by atoms with Crippen molar-refractivity contribution >= 4 is 12.6 Å². The Balaban J connectivity index is 2.27. The topological polar surface area (TPSA) is 9.23 Å². The van der Waals surface area contributed by atoms with Crippen molar-refractivity contribution in [3.05, 3.63) is 34.6 Å². The lowest BCUT2D eigenvalue weighted by molar-refractivity contribution is 0.159. The summed E-state index contributed by atoms with van der Waals surface area (Å²) in [4.78, 5) is 0. The zero-order valence-electron chi connectivity index (χ0n) is 16.4. The summed E-state index contributed by atoms with van der Waals surface area (Å²) in [5.41, 5.74) is 4.42. The van der Waals surface area contributed by atoms with Gasteiger partial charge in [-0.1, -0.05) is 45.4 Å². The van der Waals surface area contributed by atoms with Crippen molar-refractivity contribution in [3.8, 4) is 0 Å². The molecule has 2 aliphatic carbocycles. The monoisotopic (exact) mass is 348 g/mol. The highest BCUT2D eigenvalue weighted by Gasteiger charge is 2.36.